The molecule has 0 bridgehead atoms. The van der Waals surface area contributed by atoms with Crippen molar-refractivity contribution in [2.45, 2.75) is 6.92 Å². The van der Waals surface area contributed by atoms with Crippen LogP contribution >= 0.6 is 11.6 Å². The van der Waals surface area contributed by atoms with E-state index in [1.54, 1.807) is 0 Å². The zero-order valence-corrected chi connectivity index (χ0v) is 11.4. The molecule has 94 valence electrons. The summed E-state index contributed by atoms with van der Waals surface area (Å²) in [6.07, 6.45) is 0. The first-order chi connectivity index (χ1) is 9.16. The van der Waals surface area contributed by atoms with E-state index >= 15 is 0 Å². The summed E-state index contributed by atoms with van der Waals surface area (Å²) in [5.41, 5.74) is 10.1. The van der Waals surface area contributed by atoms with Crippen molar-refractivity contribution in [3.63, 3.8) is 0 Å². The lowest BCUT2D eigenvalue weighted by atomic mass is 9.95. The summed E-state index contributed by atoms with van der Waals surface area (Å²) in [7, 11) is 0. The average Bonchev–Trinajstić information content (AvgIpc) is 2.42. The summed E-state index contributed by atoms with van der Waals surface area (Å²) >= 11 is 6.17. The molecule has 0 unspecified atom stereocenters. The third-order valence-electron chi connectivity index (χ3n) is 3.43. The highest BCUT2D eigenvalue weighted by Crippen LogP contribution is 2.35. The van der Waals surface area contributed by atoms with Gasteiger partial charge < -0.3 is 5.73 Å². The fourth-order valence-electron chi connectivity index (χ4n) is 2.44. The highest BCUT2D eigenvalue weighted by molar-refractivity contribution is 6.31. The van der Waals surface area contributed by atoms with Crippen LogP contribution < -0.4 is 5.73 Å². The highest BCUT2D eigenvalue weighted by Gasteiger charge is 2.09. The van der Waals surface area contributed by atoms with Crippen molar-refractivity contribution >= 4 is 28.1 Å². The Morgan fingerprint density at radius 3 is 2.47 bits per heavy atom. The van der Waals surface area contributed by atoms with Crippen molar-refractivity contribution in [2.24, 2.45) is 0 Å². The first kappa shape index (κ1) is 12.1. The predicted molar refractivity (Wildman–Crippen MR) is 83.5 cm³/mol. The van der Waals surface area contributed by atoms with Crippen LogP contribution in [0.1, 0.15) is 5.56 Å². The van der Waals surface area contributed by atoms with Gasteiger partial charge in [-0.05, 0) is 41.0 Å². The van der Waals surface area contributed by atoms with Crippen LogP contribution in [0.25, 0.3) is 21.9 Å². The summed E-state index contributed by atoms with van der Waals surface area (Å²) in [5, 5.41) is 3.12. The molecule has 3 rings (SSSR count). The second-order valence-corrected chi connectivity index (χ2v) is 5.15. The first-order valence-corrected chi connectivity index (χ1v) is 6.58. The number of aryl methyl sites for hydroxylation is 1. The fourth-order valence-corrected chi connectivity index (χ4v) is 2.71. The van der Waals surface area contributed by atoms with Gasteiger partial charge in [0.2, 0.25) is 0 Å². The van der Waals surface area contributed by atoms with E-state index in [0.29, 0.717) is 0 Å². The minimum atomic E-state index is 0.717. The molecule has 0 aromatic heterocycles. The molecule has 0 amide bonds. The number of hydrogen-bond acceptors (Lipinski definition) is 1. The number of fused-ring (bicyclic) bond motifs is 1. The lowest BCUT2D eigenvalue weighted by Gasteiger charge is -2.12. The second-order valence-electron chi connectivity index (χ2n) is 4.71. The molecule has 0 saturated heterocycles. The van der Waals surface area contributed by atoms with Crippen LogP contribution in [0.4, 0.5) is 5.69 Å². The van der Waals surface area contributed by atoms with Gasteiger partial charge in [-0.15, -0.1) is 0 Å². The smallest absolute Gasteiger partial charge is 0.0424 e. The fraction of sp³-hybridized carbons (Fsp3) is 0.0588. The number of nitrogen functional groups attached to an aromatic ring is 1. The van der Waals surface area contributed by atoms with Crippen molar-refractivity contribution in [3.8, 4) is 11.1 Å². The van der Waals surface area contributed by atoms with Gasteiger partial charge in [0.05, 0.1) is 0 Å². The molecule has 3 aromatic carbocycles. The van der Waals surface area contributed by atoms with Crippen LogP contribution in [-0.2, 0) is 0 Å². The Bertz CT molecular complexity index is 757. The molecule has 0 aliphatic rings. The van der Waals surface area contributed by atoms with E-state index in [1.165, 1.54) is 10.8 Å². The topological polar surface area (TPSA) is 26.0 Å². The normalized spacial score (nSPS) is 10.8. The summed E-state index contributed by atoms with van der Waals surface area (Å²) in [6.45, 7) is 1.98. The standard InChI is InChI=1S/C17H14ClN/c1-11-9-13(18)10-16(17(11)19)15-8-4-6-12-5-2-3-7-14(12)15/h2-10H,19H2,1H3. The average molecular weight is 268 g/mol. The zero-order valence-electron chi connectivity index (χ0n) is 10.7. The Kier molecular flexibility index (Phi) is 2.92. The Morgan fingerprint density at radius 1 is 0.895 bits per heavy atom. The van der Waals surface area contributed by atoms with Crippen LogP contribution in [0.3, 0.4) is 0 Å². The van der Waals surface area contributed by atoms with E-state index in [9.17, 15) is 0 Å². The van der Waals surface area contributed by atoms with Gasteiger partial charge in [0.15, 0.2) is 0 Å². The van der Waals surface area contributed by atoms with Crippen LogP contribution in [-0.4, -0.2) is 0 Å². The maximum absolute atomic E-state index is 6.22. The van der Waals surface area contributed by atoms with Crippen LogP contribution in [0.5, 0.6) is 0 Å². The third kappa shape index (κ3) is 2.06. The molecule has 19 heavy (non-hydrogen) atoms. The third-order valence-corrected chi connectivity index (χ3v) is 3.65. The molecule has 0 aliphatic carbocycles. The van der Waals surface area contributed by atoms with Crippen LogP contribution in [0.2, 0.25) is 5.02 Å². The van der Waals surface area contributed by atoms with E-state index in [0.717, 1.165) is 27.4 Å². The second kappa shape index (κ2) is 4.60. The number of rotatable bonds is 1. The molecule has 0 heterocycles. The van der Waals surface area contributed by atoms with Gasteiger partial charge in [-0.2, -0.15) is 0 Å². The summed E-state index contributed by atoms with van der Waals surface area (Å²) in [5.74, 6) is 0. The van der Waals surface area contributed by atoms with E-state index in [2.05, 4.69) is 24.3 Å². The molecule has 0 saturated carbocycles. The number of anilines is 1. The SMILES string of the molecule is Cc1cc(Cl)cc(-c2cccc3ccccc23)c1N. The Labute approximate surface area is 117 Å². The number of halogens is 1. The molecule has 0 atom stereocenters. The Hall–Kier alpha value is -1.99. The van der Waals surface area contributed by atoms with E-state index in [1.807, 2.05) is 37.3 Å². The highest BCUT2D eigenvalue weighted by atomic mass is 35.5. The monoisotopic (exact) mass is 267 g/mol. The van der Waals surface area contributed by atoms with Crippen molar-refractivity contribution in [1.29, 1.82) is 0 Å². The van der Waals surface area contributed by atoms with E-state index < -0.39 is 0 Å². The van der Waals surface area contributed by atoms with E-state index in [4.69, 9.17) is 17.3 Å². The van der Waals surface area contributed by atoms with Crippen molar-refractivity contribution in [3.05, 3.63) is 65.2 Å². The largest absolute Gasteiger partial charge is 0.398 e. The maximum atomic E-state index is 6.22. The molecule has 0 radical (unpaired) electrons. The number of nitrogens with two attached hydrogens (primary N) is 1. The lowest BCUT2D eigenvalue weighted by Crippen LogP contribution is -1.94. The van der Waals surface area contributed by atoms with Gasteiger partial charge in [0, 0.05) is 16.3 Å². The van der Waals surface area contributed by atoms with Gasteiger partial charge in [-0.1, -0.05) is 54.1 Å². The predicted octanol–water partition coefficient (Wildman–Crippen LogP) is 5.05. The van der Waals surface area contributed by atoms with Crippen LogP contribution in [0, 0.1) is 6.92 Å². The van der Waals surface area contributed by atoms with Crippen molar-refractivity contribution in [2.75, 3.05) is 5.73 Å². The van der Waals surface area contributed by atoms with Gasteiger partial charge in [-0.3, -0.25) is 0 Å². The Morgan fingerprint density at radius 2 is 1.63 bits per heavy atom. The maximum Gasteiger partial charge on any atom is 0.0424 e. The van der Waals surface area contributed by atoms with Crippen molar-refractivity contribution in [1.82, 2.24) is 0 Å². The van der Waals surface area contributed by atoms with Gasteiger partial charge in [0.1, 0.15) is 0 Å². The first-order valence-electron chi connectivity index (χ1n) is 6.20. The molecular weight excluding hydrogens is 254 g/mol. The minimum absolute atomic E-state index is 0.717. The van der Waals surface area contributed by atoms with Gasteiger partial charge in [0.25, 0.3) is 0 Å². The summed E-state index contributed by atoms with van der Waals surface area (Å²) in [4.78, 5) is 0. The minimum Gasteiger partial charge on any atom is -0.398 e. The molecule has 0 aliphatic heterocycles. The van der Waals surface area contributed by atoms with Crippen LogP contribution in [0.15, 0.2) is 54.6 Å². The molecule has 2 N–H and O–H groups in total. The molecule has 1 nitrogen and oxygen atoms in total. The lowest BCUT2D eigenvalue weighted by molar-refractivity contribution is 1.47. The van der Waals surface area contributed by atoms with E-state index in [-0.39, 0.29) is 0 Å². The quantitative estimate of drug-likeness (QED) is 0.614. The van der Waals surface area contributed by atoms with Gasteiger partial charge >= 0.3 is 0 Å². The zero-order chi connectivity index (χ0) is 13.4. The number of benzene rings is 3. The Balaban J connectivity index is 2.37. The molecule has 2 heteroatoms. The molecule has 0 fully saturated rings. The molecular formula is C17H14ClN. The number of hydrogen-bond donors (Lipinski definition) is 1. The van der Waals surface area contributed by atoms with Crippen molar-refractivity contribution < 1.29 is 0 Å². The van der Waals surface area contributed by atoms with Gasteiger partial charge in [-0.25, -0.2) is 0 Å². The summed E-state index contributed by atoms with van der Waals surface area (Å²) < 4.78 is 0. The molecule has 3 aromatic rings. The summed E-state index contributed by atoms with van der Waals surface area (Å²) in [6, 6.07) is 18.4. The molecule has 0 spiro atoms.